The maximum Gasteiger partial charge on any atom is 0.408 e. The summed E-state index contributed by atoms with van der Waals surface area (Å²) < 4.78 is 10.1. The monoisotopic (exact) mass is 422 g/mol. The smallest absolute Gasteiger partial charge is 0.408 e. The number of carbonyl (C=O) groups is 3. The lowest BCUT2D eigenvalue weighted by Gasteiger charge is -2.28. The molecule has 0 unspecified atom stereocenters. The molecule has 0 heterocycles. The molecule has 2 amide bonds. The molecule has 162 valence electrons. The minimum absolute atomic E-state index is 0.0936. The van der Waals surface area contributed by atoms with Gasteiger partial charge in [-0.2, -0.15) is 0 Å². The Morgan fingerprint density at radius 2 is 1.69 bits per heavy atom. The second kappa shape index (κ2) is 11.6. The Morgan fingerprint density at radius 1 is 1.07 bits per heavy atom. The Morgan fingerprint density at radius 3 is 2.21 bits per heavy atom. The van der Waals surface area contributed by atoms with Gasteiger partial charge in [0.15, 0.2) is 0 Å². The van der Waals surface area contributed by atoms with E-state index in [0.29, 0.717) is 12.5 Å². The third kappa shape index (κ3) is 9.12. The van der Waals surface area contributed by atoms with Crippen LogP contribution in [0.25, 0.3) is 0 Å². The molecule has 0 saturated heterocycles. The molecule has 0 aliphatic carbocycles. The lowest BCUT2D eigenvalue weighted by atomic mass is 9.99. The van der Waals surface area contributed by atoms with Crippen LogP contribution in [0.2, 0.25) is 25.7 Å². The first-order valence-corrected chi connectivity index (χ1v) is 13.6. The standard InChI is InChI=1S/C21H34N2O5Si/c1-7-15(2)18(20(25)27-3)23-19(24)17(14-29(4,5)6)22-21(26)28-13-16-11-9-8-10-12-16/h8-12,15,17-18H,7,13-14H2,1-6H3,(H,22,26)(H,23,24)/t15-,17-,18-/m0/s1. The summed E-state index contributed by atoms with van der Waals surface area (Å²) in [6.07, 6.45) is 0.0380. The van der Waals surface area contributed by atoms with Gasteiger partial charge in [0.1, 0.15) is 18.7 Å². The lowest BCUT2D eigenvalue weighted by molar-refractivity contribution is -0.146. The van der Waals surface area contributed by atoms with Gasteiger partial charge in [0, 0.05) is 8.07 Å². The highest BCUT2D eigenvalue weighted by Gasteiger charge is 2.33. The number of benzene rings is 1. The van der Waals surface area contributed by atoms with Gasteiger partial charge in [0.25, 0.3) is 0 Å². The summed E-state index contributed by atoms with van der Waals surface area (Å²) in [6, 6.07) is 8.30. The van der Waals surface area contributed by atoms with Crippen molar-refractivity contribution >= 4 is 26.0 Å². The Labute approximate surface area is 174 Å². The number of hydrogen-bond donors (Lipinski definition) is 2. The molecule has 0 aliphatic heterocycles. The molecule has 0 aliphatic rings. The van der Waals surface area contributed by atoms with Gasteiger partial charge in [-0.15, -0.1) is 0 Å². The fourth-order valence-corrected chi connectivity index (χ4v) is 4.29. The maximum absolute atomic E-state index is 12.9. The molecule has 1 aromatic rings. The summed E-state index contributed by atoms with van der Waals surface area (Å²) in [7, 11) is -0.412. The summed E-state index contributed by atoms with van der Waals surface area (Å²) in [5.41, 5.74) is 0.858. The minimum Gasteiger partial charge on any atom is -0.467 e. The average molecular weight is 423 g/mol. The highest BCUT2D eigenvalue weighted by Crippen LogP contribution is 2.15. The second-order valence-electron chi connectivity index (χ2n) is 8.42. The molecule has 0 bridgehead atoms. The van der Waals surface area contributed by atoms with Crippen molar-refractivity contribution in [2.45, 2.75) is 64.6 Å². The molecular formula is C21H34N2O5Si. The van der Waals surface area contributed by atoms with Gasteiger partial charge < -0.3 is 20.1 Å². The molecule has 1 rings (SSSR count). The van der Waals surface area contributed by atoms with E-state index < -0.39 is 38.1 Å². The fourth-order valence-electron chi connectivity index (χ4n) is 2.78. The van der Waals surface area contributed by atoms with Crippen LogP contribution >= 0.6 is 0 Å². The number of methoxy groups -OCH3 is 1. The van der Waals surface area contributed by atoms with E-state index in [9.17, 15) is 14.4 Å². The maximum atomic E-state index is 12.9. The third-order valence-electron chi connectivity index (χ3n) is 4.60. The first kappa shape index (κ1) is 24.7. The quantitative estimate of drug-likeness (QED) is 0.446. The fraction of sp³-hybridized carbons (Fsp3) is 0.571. The third-order valence-corrected chi connectivity index (χ3v) is 6.24. The number of rotatable bonds is 10. The topological polar surface area (TPSA) is 93.7 Å². The molecule has 0 aromatic heterocycles. The van der Waals surface area contributed by atoms with Crippen LogP contribution in [0, 0.1) is 5.92 Å². The molecule has 0 fully saturated rings. The van der Waals surface area contributed by atoms with Crippen LogP contribution in [0.3, 0.4) is 0 Å². The van der Waals surface area contributed by atoms with Crippen LogP contribution in [-0.2, 0) is 25.7 Å². The van der Waals surface area contributed by atoms with Gasteiger partial charge in [-0.25, -0.2) is 9.59 Å². The number of amides is 2. The SMILES string of the molecule is CC[C@H](C)[C@H](NC(=O)[C@H](C[Si](C)(C)C)NC(=O)OCc1ccccc1)C(=O)OC. The predicted molar refractivity (Wildman–Crippen MR) is 115 cm³/mol. The Kier molecular flexibility index (Phi) is 9.87. The molecule has 2 N–H and O–H groups in total. The summed E-state index contributed by atoms with van der Waals surface area (Å²) in [4.78, 5) is 37.3. The van der Waals surface area contributed by atoms with Crippen molar-refractivity contribution in [2.75, 3.05) is 7.11 Å². The number of ether oxygens (including phenoxy) is 2. The second-order valence-corrected chi connectivity index (χ2v) is 13.9. The van der Waals surface area contributed by atoms with E-state index in [1.165, 1.54) is 7.11 Å². The Hall–Kier alpha value is -2.35. The first-order chi connectivity index (χ1) is 13.6. The Bertz CT molecular complexity index is 675. The molecular weight excluding hydrogens is 388 g/mol. The molecule has 0 saturated carbocycles. The van der Waals surface area contributed by atoms with Crippen LogP contribution < -0.4 is 10.6 Å². The lowest BCUT2D eigenvalue weighted by Crippen LogP contribution is -2.55. The van der Waals surface area contributed by atoms with E-state index in [2.05, 4.69) is 30.3 Å². The van der Waals surface area contributed by atoms with Crippen molar-refractivity contribution in [3.05, 3.63) is 35.9 Å². The van der Waals surface area contributed by atoms with Crippen molar-refractivity contribution < 1.29 is 23.9 Å². The highest BCUT2D eigenvalue weighted by atomic mass is 28.3. The van der Waals surface area contributed by atoms with Crippen molar-refractivity contribution in [3.63, 3.8) is 0 Å². The molecule has 0 radical (unpaired) electrons. The number of hydrogen-bond acceptors (Lipinski definition) is 5. The van der Waals surface area contributed by atoms with Crippen LogP contribution in [0.5, 0.6) is 0 Å². The summed E-state index contributed by atoms with van der Waals surface area (Å²) in [6.45, 7) is 10.2. The van der Waals surface area contributed by atoms with Gasteiger partial charge in [-0.3, -0.25) is 4.79 Å². The van der Waals surface area contributed by atoms with Gasteiger partial charge in [-0.05, 0) is 17.5 Å². The first-order valence-electron chi connectivity index (χ1n) is 9.92. The van der Waals surface area contributed by atoms with Crippen LogP contribution in [0.1, 0.15) is 25.8 Å². The van der Waals surface area contributed by atoms with E-state index in [0.717, 1.165) is 5.56 Å². The van der Waals surface area contributed by atoms with Crippen molar-refractivity contribution in [2.24, 2.45) is 5.92 Å². The number of alkyl carbamates (subject to hydrolysis) is 1. The molecule has 0 spiro atoms. The van der Waals surface area contributed by atoms with Crippen LogP contribution in [0.15, 0.2) is 30.3 Å². The van der Waals surface area contributed by atoms with Gasteiger partial charge in [-0.1, -0.05) is 70.2 Å². The molecule has 1 aromatic carbocycles. The summed E-state index contributed by atoms with van der Waals surface area (Å²) in [5.74, 6) is -0.991. The number of carbonyl (C=O) groups excluding carboxylic acids is 3. The summed E-state index contributed by atoms with van der Waals surface area (Å²) >= 11 is 0. The van der Waals surface area contributed by atoms with E-state index in [-0.39, 0.29) is 12.5 Å². The summed E-state index contributed by atoms with van der Waals surface area (Å²) in [5, 5.41) is 5.43. The number of nitrogens with one attached hydrogen (secondary N) is 2. The van der Waals surface area contributed by atoms with E-state index in [1.54, 1.807) is 0 Å². The Balaban J connectivity index is 2.83. The highest BCUT2D eigenvalue weighted by molar-refractivity contribution is 6.76. The van der Waals surface area contributed by atoms with E-state index in [1.807, 2.05) is 44.2 Å². The molecule has 3 atom stereocenters. The van der Waals surface area contributed by atoms with E-state index in [4.69, 9.17) is 9.47 Å². The zero-order valence-corrected chi connectivity index (χ0v) is 19.3. The molecule has 7 nitrogen and oxygen atoms in total. The zero-order chi connectivity index (χ0) is 22.0. The zero-order valence-electron chi connectivity index (χ0n) is 18.3. The van der Waals surface area contributed by atoms with Crippen molar-refractivity contribution in [1.29, 1.82) is 0 Å². The van der Waals surface area contributed by atoms with Crippen LogP contribution in [0.4, 0.5) is 4.79 Å². The number of esters is 1. The van der Waals surface area contributed by atoms with Gasteiger partial charge >= 0.3 is 12.1 Å². The van der Waals surface area contributed by atoms with Crippen molar-refractivity contribution in [1.82, 2.24) is 10.6 Å². The van der Waals surface area contributed by atoms with Gasteiger partial charge in [0.2, 0.25) is 5.91 Å². The molecule has 29 heavy (non-hydrogen) atoms. The largest absolute Gasteiger partial charge is 0.467 e. The minimum atomic E-state index is -1.71. The molecule has 8 heteroatoms. The van der Waals surface area contributed by atoms with E-state index >= 15 is 0 Å². The average Bonchev–Trinajstić information content (AvgIpc) is 2.68. The van der Waals surface area contributed by atoms with Gasteiger partial charge in [0.05, 0.1) is 7.11 Å². The predicted octanol–water partition coefficient (Wildman–Crippen LogP) is 3.32. The normalized spacial score (nSPS) is 14.3. The van der Waals surface area contributed by atoms with Crippen molar-refractivity contribution in [3.8, 4) is 0 Å². The van der Waals surface area contributed by atoms with Crippen LogP contribution in [-0.4, -0.2) is 45.2 Å².